The Bertz CT molecular complexity index is 101. The van der Waals surface area contributed by atoms with E-state index in [1.807, 2.05) is 0 Å². The number of aliphatic hydroxyl groups excluding tert-OH is 1. The van der Waals surface area contributed by atoms with Crippen LogP contribution in [-0.2, 0) is 0 Å². The standard InChI is InChI=1S/C15H32O.H2O/c1-2-3-4-5-6-7-8-9-10-11-12-13-14-15-16;/h16H,2-15H2,1H3;1H2. The first-order valence-corrected chi connectivity index (χ1v) is 7.52. The van der Waals surface area contributed by atoms with Gasteiger partial charge in [-0.25, -0.2) is 0 Å². The Kier molecular flexibility index (Phi) is 20.7. The second-order valence-electron chi connectivity index (χ2n) is 4.97. The molecule has 0 saturated carbocycles. The average molecular weight is 246 g/mol. The van der Waals surface area contributed by atoms with Gasteiger partial charge in [0.15, 0.2) is 0 Å². The summed E-state index contributed by atoms with van der Waals surface area (Å²) in [4.78, 5) is 0. The van der Waals surface area contributed by atoms with Crippen molar-refractivity contribution in [2.75, 3.05) is 6.61 Å². The van der Waals surface area contributed by atoms with Gasteiger partial charge in [0.2, 0.25) is 0 Å². The summed E-state index contributed by atoms with van der Waals surface area (Å²) in [6.45, 7) is 2.65. The molecule has 0 aromatic carbocycles. The molecule has 0 aromatic heterocycles. The van der Waals surface area contributed by atoms with E-state index in [0.29, 0.717) is 6.61 Å². The lowest BCUT2D eigenvalue weighted by atomic mass is 10.0. The van der Waals surface area contributed by atoms with Crippen LogP contribution >= 0.6 is 0 Å². The third-order valence-corrected chi connectivity index (χ3v) is 3.26. The van der Waals surface area contributed by atoms with Crippen molar-refractivity contribution in [3.05, 3.63) is 0 Å². The van der Waals surface area contributed by atoms with E-state index in [4.69, 9.17) is 5.11 Å². The highest BCUT2D eigenvalue weighted by molar-refractivity contribution is 4.48. The molecule has 0 rings (SSSR count). The highest BCUT2D eigenvalue weighted by atomic mass is 16.2. The molecule has 3 N–H and O–H groups in total. The molecule has 0 saturated heterocycles. The fourth-order valence-corrected chi connectivity index (χ4v) is 2.13. The highest BCUT2D eigenvalue weighted by Gasteiger charge is 1.92. The SMILES string of the molecule is CCCCCCCCCCCCCCCO.O. The first-order valence-electron chi connectivity index (χ1n) is 7.52. The van der Waals surface area contributed by atoms with Crippen LogP contribution in [-0.4, -0.2) is 17.2 Å². The molecule has 0 heterocycles. The van der Waals surface area contributed by atoms with Crippen molar-refractivity contribution in [3.63, 3.8) is 0 Å². The summed E-state index contributed by atoms with van der Waals surface area (Å²) >= 11 is 0. The fraction of sp³-hybridized carbons (Fsp3) is 1.00. The van der Waals surface area contributed by atoms with E-state index in [1.54, 1.807) is 0 Å². The zero-order chi connectivity index (χ0) is 11.9. The van der Waals surface area contributed by atoms with Crippen LogP contribution in [0.4, 0.5) is 0 Å². The van der Waals surface area contributed by atoms with Gasteiger partial charge in [-0.05, 0) is 6.42 Å². The maximum absolute atomic E-state index is 8.63. The summed E-state index contributed by atoms with van der Waals surface area (Å²) < 4.78 is 0. The van der Waals surface area contributed by atoms with Gasteiger partial charge in [-0.3, -0.25) is 0 Å². The molecule has 0 fully saturated rings. The van der Waals surface area contributed by atoms with Gasteiger partial charge in [0.1, 0.15) is 0 Å². The summed E-state index contributed by atoms with van der Waals surface area (Å²) in [6, 6.07) is 0. The van der Waals surface area contributed by atoms with E-state index in [9.17, 15) is 0 Å². The van der Waals surface area contributed by atoms with E-state index < -0.39 is 0 Å². The Morgan fingerprint density at radius 1 is 0.529 bits per heavy atom. The summed E-state index contributed by atoms with van der Waals surface area (Å²) in [5.74, 6) is 0. The Morgan fingerprint density at radius 3 is 1.12 bits per heavy atom. The van der Waals surface area contributed by atoms with Crippen molar-refractivity contribution < 1.29 is 10.6 Å². The Labute approximate surface area is 108 Å². The predicted octanol–water partition coefficient (Wildman–Crippen LogP) is 4.25. The van der Waals surface area contributed by atoms with Crippen molar-refractivity contribution in [2.24, 2.45) is 0 Å². The molecule has 0 aliphatic heterocycles. The number of aliphatic hydroxyl groups is 1. The lowest BCUT2D eigenvalue weighted by molar-refractivity contribution is 0.282. The molecule has 0 unspecified atom stereocenters. The lowest BCUT2D eigenvalue weighted by Crippen LogP contribution is -1.84. The number of rotatable bonds is 13. The van der Waals surface area contributed by atoms with E-state index in [-0.39, 0.29) is 5.48 Å². The number of unbranched alkanes of at least 4 members (excludes halogenated alkanes) is 12. The molecule has 0 radical (unpaired) electrons. The summed E-state index contributed by atoms with van der Waals surface area (Å²) in [5, 5.41) is 8.63. The van der Waals surface area contributed by atoms with Crippen LogP contribution in [0.2, 0.25) is 0 Å². The van der Waals surface area contributed by atoms with E-state index in [1.165, 1.54) is 77.0 Å². The largest absolute Gasteiger partial charge is 0.412 e. The smallest absolute Gasteiger partial charge is 0.0431 e. The third kappa shape index (κ3) is 18.5. The molecular formula is C15H34O2. The van der Waals surface area contributed by atoms with Gasteiger partial charge >= 0.3 is 0 Å². The van der Waals surface area contributed by atoms with Crippen LogP contribution in [0.1, 0.15) is 90.4 Å². The van der Waals surface area contributed by atoms with Crippen LogP contribution in [0.15, 0.2) is 0 Å². The summed E-state index contributed by atoms with van der Waals surface area (Å²) in [5.41, 5.74) is 0. The maximum atomic E-state index is 8.63. The molecule has 0 aromatic rings. The van der Waals surface area contributed by atoms with Crippen molar-refractivity contribution in [1.29, 1.82) is 0 Å². The van der Waals surface area contributed by atoms with Gasteiger partial charge in [-0.1, -0.05) is 84.0 Å². The molecule has 17 heavy (non-hydrogen) atoms. The van der Waals surface area contributed by atoms with Gasteiger partial charge in [0.25, 0.3) is 0 Å². The summed E-state index contributed by atoms with van der Waals surface area (Å²) in [6.07, 6.45) is 17.7. The lowest BCUT2D eigenvalue weighted by Gasteiger charge is -2.02. The van der Waals surface area contributed by atoms with Crippen molar-refractivity contribution in [2.45, 2.75) is 90.4 Å². The van der Waals surface area contributed by atoms with Gasteiger partial charge < -0.3 is 10.6 Å². The minimum absolute atomic E-state index is 0. The molecule has 2 heteroatoms. The van der Waals surface area contributed by atoms with Crippen molar-refractivity contribution in [3.8, 4) is 0 Å². The van der Waals surface area contributed by atoms with Gasteiger partial charge in [0, 0.05) is 6.61 Å². The Morgan fingerprint density at radius 2 is 0.824 bits per heavy atom. The summed E-state index contributed by atoms with van der Waals surface area (Å²) in [7, 11) is 0. The van der Waals surface area contributed by atoms with Gasteiger partial charge in [-0.2, -0.15) is 0 Å². The minimum Gasteiger partial charge on any atom is -0.412 e. The second-order valence-corrected chi connectivity index (χ2v) is 4.97. The molecule has 0 atom stereocenters. The fourth-order valence-electron chi connectivity index (χ4n) is 2.13. The Balaban J connectivity index is 0. The normalized spacial score (nSPS) is 10.2. The monoisotopic (exact) mass is 246 g/mol. The predicted molar refractivity (Wildman–Crippen MR) is 76.4 cm³/mol. The molecule has 2 nitrogen and oxygen atoms in total. The van der Waals surface area contributed by atoms with Crippen LogP contribution in [0.5, 0.6) is 0 Å². The van der Waals surface area contributed by atoms with E-state index >= 15 is 0 Å². The van der Waals surface area contributed by atoms with Crippen molar-refractivity contribution >= 4 is 0 Å². The zero-order valence-corrected chi connectivity index (χ0v) is 11.8. The van der Waals surface area contributed by atoms with E-state index in [0.717, 1.165) is 6.42 Å². The highest BCUT2D eigenvalue weighted by Crippen LogP contribution is 2.12. The molecular weight excluding hydrogens is 212 g/mol. The first kappa shape index (κ1) is 19.3. The van der Waals surface area contributed by atoms with Crippen molar-refractivity contribution in [1.82, 2.24) is 0 Å². The van der Waals surface area contributed by atoms with Crippen LogP contribution in [0.3, 0.4) is 0 Å². The second kappa shape index (κ2) is 18.3. The van der Waals surface area contributed by atoms with Gasteiger partial charge in [0.05, 0.1) is 0 Å². The zero-order valence-electron chi connectivity index (χ0n) is 11.8. The van der Waals surface area contributed by atoms with Crippen LogP contribution in [0, 0.1) is 0 Å². The molecule has 0 amide bonds. The number of hydrogen-bond acceptors (Lipinski definition) is 1. The quantitative estimate of drug-likeness (QED) is 0.485. The third-order valence-electron chi connectivity index (χ3n) is 3.26. The molecule has 106 valence electrons. The first-order chi connectivity index (χ1) is 7.91. The molecule has 0 aliphatic carbocycles. The van der Waals surface area contributed by atoms with E-state index in [2.05, 4.69) is 6.92 Å². The van der Waals surface area contributed by atoms with Crippen LogP contribution in [0.25, 0.3) is 0 Å². The average Bonchev–Trinajstić information content (AvgIpc) is 2.31. The topological polar surface area (TPSA) is 51.7 Å². The number of hydrogen-bond donors (Lipinski definition) is 1. The minimum atomic E-state index is 0. The van der Waals surface area contributed by atoms with Crippen LogP contribution < -0.4 is 0 Å². The molecule has 0 spiro atoms. The van der Waals surface area contributed by atoms with Gasteiger partial charge in [-0.15, -0.1) is 0 Å². The maximum Gasteiger partial charge on any atom is 0.0431 e. The Hall–Kier alpha value is -0.0800. The molecule has 0 bridgehead atoms. The molecule has 0 aliphatic rings.